The molecule has 0 fully saturated rings. The number of hydrogen-bond donors (Lipinski definition) is 1. The molecule has 180 valence electrons. The third kappa shape index (κ3) is 4.61. The first-order valence-electron chi connectivity index (χ1n) is 11.0. The van der Waals surface area contributed by atoms with Crippen molar-refractivity contribution in [3.63, 3.8) is 0 Å². The molecular formula is C23H22FN7O3S. The van der Waals surface area contributed by atoms with Gasteiger partial charge in [-0.1, -0.05) is 30.0 Å². The summed E-state index contributed by atoms with van der Waals surface area (Å²) < 4.78 is 18.4. The highest BCUT2D eigenvalue weighted by atomic mass is 32.2. The van der Waals surface area contributed by atoms with Gasteiger partial charge in [-0.15, -0.1) is 0 Å². The fraction of sp³-hybridized carbons (Fsp3) is 0.304. The molecule has 0 unspecified atom stereocenters. The molecule has 0 bridgehead atoms. The molecular weight excluding hydrogens is 473 g/mol. The number of amides is 1. The summed E-state index contributed by atoms with van der Waals surface area (Å²) in [5.41, 5.74) is 0.980. The Labute approximate surface area is 202 Å². The second kappa shape index (κ2) is 9.45. The van der Waals surface area contributed by atoms with E-state index in [4.69, 9.17) is 0 Å². The zero-order valence-corrected chi connectivity index (χ0v) is 19.7. The van der Waals surface area contributed by atoms with Crippen LogP contribution in [0.4, 0.5) is 4.39 Å². The second-order valence-electron chi connectivity index (χ2n) is 8.28. The Hall–Kier alpha value is -3.80. The number of rotatable bonds is 7. The zero-order chi connectivity index (χ0) is 24.5. The maximum Gasteiger partial charge on any atom is 0.264 e. The fourth-order valence-corrected chi connectivity index (χ4v) is 5.28. The van der Waals surface area contributed by atoms with Gasteiger partial charge in [-0.3, -0.25) is 23.5 Å². The smallest absolute Gasteiger partial charge is 0.264 e. The zero-order valence-electron chi connectivity index (χ0n) is 18.8. The van der Waals surface area contributed by atoms with Gasteiger partial charge >= 0.3 is 0 Å². The van der Waals surface area contributed by atoms with E-state index in [1.165, 1.54) is 41.0 Å². The summed E-state index contributed by atoms with van der Waals surface area (Å²) in [4.78, 5) is 46.3. The number of aromatic nitrogens is 6. The van der Waals surface area contributed by atoms with Crippen LogP contribution in [0, 0.1) is 12.7 Å². The first kappa shape index (κ1) is 23.0. The molecule has 1 atom stereocenters. The number of benzene rings is 1. The van der Waals surface area contributed by atoms with Gasteiger partial charge in [0.05, 0.1) is 25.3 Å². The van der Waals surface area contributed by atoms with Crippen molar-refractivity contribution in [1.82, 2.24) is 34.2 Å². The molecule has 35 heavy (non-hydrogen) atoms. The summed E-state index contributed by atoms with van der Waals surface area (Å²) >= 11 is 1.47. The molecule has 10 nitrogen and oxygen atoms in total. The van der Waals surface area contributed by atoms with Gasteiger partial charge in [0.1, 0.15) is 17.5 Å². The predicted molar refractivity (Wildman–Crippen MR) is 128 cm³/mol. The van der Waals surface area contributed by atoms with Crippen LogP contribution in [0.1, 0.15) is 23.7 Å². The standard InChI is InChI=1S/C23H22FN7O3S/c1-14-8-20(33)31-16(12-35-23(31)28-14)9-19(32)25-6-7-30-21-17(10-27-30)22(34)29(13-26-21)11-15-4-2-3-5-18(15)24/h2-5,8,10,13,16H,6-7,9,11-12H2,1H3,(H,25,32)/t16-/m0/s1. The number of thioether (sulfide) groups is 1. The van der Waals surface area contributed by atoms with Crippen LogP contribution in [-0.4, -0.2) is 47.1 Å². The molecule has 1 aromatic carbocycles. The third-order valence-electron chi connectivity index (χ3n) is 5.81. The average Bonchev–Trinajstić information content (AvgIpc) is 3.41. The lowest BCUT2D eigenvalue weighted by Gasteiger charge is -2.13. The van der Waals surface area contributed by atoms with Crippen LogP contribution in [0.2, 0.25) is 0 Å². The molecule has 0 aliphatic carbocycles. The minimum Gasteiger partial charge on any atom is -0.354 e. The van der Waals surface area contributed by atoms with Gasteiger partial charge < -0.3 is 5.32 Å². The van der Waals surface area contributed by atoms with Crippen LogP contribution < -0.4 is 16.4 Å². The van der Waals surface area contributed by atoms with Crippen LogP contribution in [0.15, 0.2) is 57.6 Å². The molecule has 0 saturated heterocycles. The highest BCUT2D eigenvalue weighted by molar-refractivity contribution is 7.99. The lowest BCUT2D eigenvalue weighted by molar-refractivity contribution is -0.121. The number of carbonyl (C=O) groups is 1. The Balaban J connectivity index is 1.22. The fourth-order valence-electron chi connectivity index (χ4n) is 4.08. The SMILES string of the molecule is Cc1cc(=O)n2c(n1)SC[C@@H]2CC(=O)NCCn1ncc2c(=O)n(Cc3ccccc3F)cnc21. The molecule has 0 radical (unpaired) electrons. The predicted octanol–water partition coefficient (Wildman–Crippen LogP) is 1.50. The van der Waals surface area contributed by atoms with Gasteiger partial charge in [0, 0.05) is 36.0 Å². The summed E-state index contributed by atoms with van der Waals surface area (Å²) in [6.45, 7) is 2.44. The average molecular weight is 496 g/mol. The third-order valence-corrected chi connectivity index (χ3v) is 6.90. The second-order valence-corrected chi connectivity index (χ2v) is 9.27. The van der Waals surface area contributed by atoms with Crippen molar-refractivity contribution in [3.05, 3.63) is 80.6 Å². The van der Waals surface area contributed by atoms with Crippen LogP contribution in [0.3, 0.4) is 0 Å². The van der Waals surface area contributed by atoms with Gasteiger partial charge in [-0.05, 0) is 13.0 Å². The molecule has 4 heterocycles. The largest absolute Gasteiger partial charge is 0.354 e. The topological polar surface area (TPSA) is 117 Å². The molecule has 3 aromatic heterocycles. The molecule has 1 N–H and O–H groups in total. The Morgan fingerprint density at radius 3 is 2.94 bits per heavy atom. The van der Waals surface area contributed by atoms with Crippen molar-refractivity contribution >= 4 is 28.7 Å². The molecule has 1 aliphatic rings. The number of carbonyl (C=O) groups excluding carboxylic acids is 1. The van der Waals surface area contributed by atoms with Crippen molar-refractivity contribution in [1.29, 1.82) is 0 Å². The highest BCUT2D eigenvalue weighted by Gasteiger charge is 2.27. The minimum absolute atomic E-state index is 0.0659. The molecule has 1 amide bonds. The molecule has 0 spiro atoms. The number of nitrogens with one attached hydrogen (secondary N) is 1. The minimum atomic E-state index is -0.387. The summed E-state index contributed by atoms with van der Waals surface area (Å²) in [5, 5.41) is 8.03. The summed E-state index contributed by atoms with van der Waals surface area (Å²) in [5.74, 6) is 0.0425. The van der Waals surface area contributed by atoms with Crippen LogP contribution in [0.5, 0.6) is 0 Å². The van der Waals surface area contributed by atoms with Crippen molar-refractivity contribution in [2.45, 2.75) is 37.6 Å². The molecule has 1 aliphatic heterocycles. The number of halogens is 1. The Bertz CT molecular complexity index is 1540. The van der Waals surface area contributed by atoms with E-state index >= 15 is 0 Å². The quantitative estimate of drug-likeness (QED) is 0.386. The lowest BCUT2D eigenvalue weighted by Crippen LogP contribution is -2.32. The first-order chi connectivity index (χ1) is 16.9. The number of aryl methyl sites for hydroxylation is 1. The van der Waals surface area contributed by atoms with Gasteiger partial charge in [0.2, 0.25) is 5.91 Å². The van der Waals surface area contributed by atoms with Crippen LogP contribution in [0.25, 0.3) is 11.0 Å². The van der Waals surface area contributed by atoms with E-state index < -0.39 is 0 Å². The Kier molecular flexibility index (Phi) is 6.20. The number of nitrogens with zero attached hydrogens (tertiary/aromatic N) is 6. The Morgan fingerprint density at radius 2 is 2.11 bits per heavy atom. The highest BCUT2D eigenvalue weighted by Crippen LogP contribution is 2.31. The van der Waals surface area contributed by atoms with E-state index in [2.05, 4.69) is 20.4 Å². The van der Waals surface area contributed by atoms with E-state index in [-0.39, 0.29) is 48.4 Å². The summed E-state index contributed by atoms with van der Waals surface area (Å²) in [6, 6.07) is 7.50. The summed E-state index contributed by atoms with van der Waals surface area (Å²) in [7, 11) is 0. The van der Waals surface area contributed by atoms with E-state index in [0.717, 1.165) is 0 Å². The monoisotopic (exact) mass is 495 g/mol. The lowest BCUT2D eigenvalue weighted by atomic mass is 10.2. The van der Waals surface area contributed by atoms with E-state index in [0.29, 0.717) is 39.7 Å². The maximum absolute atomic E-state index is 14.0. The van der Waals surface area contributed by atoms with Crippen molar-refractivity contribution in [2.24, 2.45) is 0 Å². The van der Waals surface area contributed by atoms with Gasteiger partial charge in [-0.2, -0.15) is 5.10 Å². The number of hydrogen-bond acceptors (Lipinski definition) is 7. The molecule has 12 heteroatoms. The van der Waals surface area contributed by atoms with Crippen molar-refractivity contribution in [3.8, 4) is 0 Å². The van der Waals surface area contributed by atoms with Gasteiger partial charge in [0.25, 0.3) is 11.1 Å². The molecule has 4 aromatic rings. The van der Waals surface area contributed by atoms with E-state index in [1.54, 1.807) is 34.4 Å². The molecule has 5 rings (SSSR count). The van der Waals surface area contributed by atoms with Gasteiger partial charge in [-0.25, -0.2) is 19.0 Å². The van der Waals surface area contributed by atoms with E-state index in [1.807, 2.05) is 0 Å². The van der Waals surface area contributed by atoms with Crippen molar-refractivity contribution < 1.29 is 9.18 Å². The van der Waals surface area contributed by atoms with Gasteiger partial charge in [0.15, 0.2) is 10.8 Å². The summed E-state index contributed by atoms with van der Waals surface area (Å²) in [6.07, 6.45) is 2.97. The van der Waals surface area contributed by atoms with E-state index in [9.17, 15) is 18.8 Å². The first-order valence-corrected chi connectivity index (χ1v) is 12.0. The number of fused-ring (bicyclic) bond motifs is 2. The van der Waals surface area contributed by atoms with Crippen LogP contribution in [-0.2, 0) is 17.9 Å². The Morgan fingerprint density at radius 1 is 1.29 bits per heavy atom. The molecule has 0 saturated carbocycles. The normalized spacial score (nSPS) is 14.9. The van der Waals surface area contributed by atoms with Crippen LogP contribution >= 0.6 is 11.8 Å². The van der Waals surface area contributed by atoms with Crippen molar-refractivity contribution in [2.75, 3.05) is 12.3 Å². The maximum atomic E-state index is 14.0.